The molecular formula is C16H25N3O. The van der Waals surface area contributed by atoms with E-state index in [9.17, 15) is 4.79 Å². The fourth-order valence-electron chi connectivity index (χ4n) is 2.73. The van der Waals surface area contributed by atoms with Crippen LogP contribution in [0.4, 0.5) is 5.69 Å². The lowest BCUT2D eigenvalue weighted by atomic mass is 10.0. The van der Waals surface area contributed by atoms with Gasteiger partial charge < -0.3 is 16.0 Å². The first-order chi connectivity index (χ1) is 9.66. The van der Waals surface area contributed by atoms with Gasteiger partial charge >= 0.3 is 0 Å². The molecule has 1 aromatic rings. The van der Waals surface area contributed by atoms with Crippen LogP contribution in [0.15, 0.2) is 24.3 Å². The smallest absolute Gasteiger partial charge is 0.220 e. The number of likely N-dealkylation sites (N-methyl/N-ethyl adjacent to an activating group) is 1. The van der Waals surface area contributed by atoms with Crippen molar-refractivity contribution in [1.82, 2.24) is 10.2 Å². The Morgan fingerprint density at radius 3 is 2.95 bits per heavy atom. The predicted molar refractivity (Wildman–Crippen MR) is 82.5 cm³/mol. The van der Waals surface area contributed by atoms with Gasteiger partial charge in [0.2, 0.25) is 5.91 Å². The van der Waals surface area contributed by atoms with E-state index in [1.54, 1.807) is 0 Å². The number of nitrogens with one attached hydrogen (secondary N) is 1. The molecule has 0 saturated carbocycles. The standard InChI is InChI=1S/C16H25N3O/c1-19-11-5-4-7-14(19)12-18-16(20)10-9-13-6-2-3-8-15(13)17/h2-3,6,8,14H,4-5,7,9-12,17H2,1H3,(H,18,20). The Hall–Kier alpha value is -1.55. The molecule has 1 aliphatic heterocycles. The Labute approximate surface area is 121 Å². The largest absolute Gasteiger partial charge is 0.399 e. The molecule has 1 fully saturated rings. The summed E-state index contributed by atoms with van der Waals surface area (Å²) in [7, 11) is 2.14. The van der Waals surface area contributed by atoms with Gasteiger partial charge in [-0.05, 0) is 44.5 Å². The molecule has 1 aromatic carbocycles. The van der Waals surface area contributed by atoms with Gasteiger partial charge in [-0.25, -0.2) is 0 Å². The summed E-state index contributed by atoms with van der Waals surface area (Å²) in [5, 5.41) is 3.05. The van der Waals surface area contributed by atoms with Crippen LogP contribution in [0.2, 0.25) is 0 Å². The van der Waals surface area contributed by atoms with Gasteiger partial charge in [-0.15, -0.1) is 0 Å². The van der Waals surface area contributed by atoms with Gasteiger partial charge in [0, 0.05) is 24.7 Å². The molecule has 2 rings (SSSR count). The van der Waals surface area contributed by atoms with Crippen molar-refractivity contribution < 1.29 is 4.79 Å². The number of benzene rings is 1. The van der Waals surface area contributed by atoms with Crippen molar-refractivity contribution in [3.8, 4) is 0 Å². The minimum atomic E-state index is 0.118. The lowest BCUT2D eigenvalue weighted by Crippen LogP contribution is -2.44. The zero-order chi connectivity index (χ0) is 14.4. The fourth-order valence-corrected chi connectivity index (χ4v) is 2.73. The first kappa shape index (κ1) is 14.9. The van der Waals surface area contributed by atoms with Crippen LogP contribution in [0.5, 0.6) is 0 Å². The van der Waals surface area contributed by atoms with E-state index in [0.717, 1.165) is 24.3 Å². The second-order valence-corrected chi connectivity index (χ2v) is 5.63. The summed E-state index contributed by atoms with van der Waals surface area (Å²) in [4.78, 5) is 14.3. The number of hydrogen-bond acceptors (Lipinski definition) is 3. The number of anilines is 1. The van der Waals surface area contributed by atoms with Crippen molar-refractivity contribution in [3.05, 3.63) is 29.8 Å². The third kappa shape index (κ3) is 4.23. The first-order valence-corrected chi connectivity index (χ1v) is 7.47. The van der Waals surface area contributed by atoms with Gasteiger partial charge in [-0.3, -0.25) is 4.79 Å². The van der Waals surface area contributed by atoms with Crippen molar-refractivity contribution in [1.29, 1.82) is 0 Å². The number of piperidine rings is 1. The number of nitrogens with zero attached hydrogens (tertiary/aromatic N) is 1. The molecule has 110 valence electrons. The fraction of sp³-hybridized carbons (Fsp3) is 0.562. The average molecular weight is 275 g/mol. The first-order valence-electron chi connectivity index (χ1n) is 7.47. The van der Waals surface area contributed by atoms with Crippen LogP contribution < -0.4 is 11.1 Å². The number of carbonyl (C=O) groups excluding carboxylic acids is 1. The molecule has 1 heterocycles. The maximum Gasteiger partial charge on any atom is 0.220 e. The van der Waals surface area contributed by atoms with Gasteiger partial charge in [-0.2, -0.15) is 0 Å². The number of amides is 1. The van der Waals surface area contributed by atoms with Crippen molar-refractivity contribution in [2.24, 2.45) is 0 Å². The van der Waals surface area contributed by atoms with Gasteiger partial charge in [0.25, 0.3) is 0 Å². The summed E-state index contributed by atoms with van der Waals surface area (Å²) in [6.45, 7) is 1.90. The van der Waals surface area contributed by atoms with E-state index in [1.807, 2.05) is 24.3 Å². The lowest BCUT2D eigenvalue weighted by molar-refractivity contribution is -0.121. The summed E-state index contributed by atoms with van der Waals surface area (Å²) in [5.41, 5.74) is 7.70. The normalized spacial score (nSPS) is 19.8. The van der Waals surface area contributed by atoms with Gasteiger partial charge in [0.05, 0.1) is 0 Å². The molecule has 0 aliphatic carbocycles. The van der Waals surface area contributed by atoms with Crippen LogP contribution >= 0.6 is 0 Å². The molecule has 1 amide bonds. The van der Waals surface area contributed by atoms with E-state index in [4.69, 9.17) is 5.73 Å². The predicted octanol–water partition coefficient (Wildman–Crippen LogP) is 1.80. The summed E-state index contributed by atoms with van der Waals surface area (Å²) < 4.78 is 0. The number of para-hydroxylation sites is 1. The third-order valence-corrected chi connectivity index (χ3v) is 4.13. The molecule has 1 aliphatic rings. The van der Waals surface area contributed by atoms with Crippen LogP contribution in [-0.4, -0.2) is 37.0 Å². The molecule has 0 bridgehead atoms. The SMILES string of the molecule is CN1CCCCC1CNC(=O)CCc1ccccc1N. The Balaban J connectivity index is 1.71. The highest BCUT2D eigenvalue weighted by Gasteiger charge is 2.19. The second kappa shape index (κ2) is 7.29. The number of likely N-dealkylation sites (tertiary alicyclic amines) is 1. The molecule has 0 aromatic heterocycles. The minimum Gasteiger partial charge on any atom is -0.399 e. The molecule has 1 saturated heterocycles. The number of carbonyl (C=O) groups is 1. The monoisotopic (exact) mass is 275 g/mol. The second-order valence-electron chi connectivity index (χ2n) is 5.63. The van der Waals surface area contributed by atoms with Crippen molar-refractivity contribution in [3.63, 3.8) is 0 Å². The highest BCUT2D eigenvalue weighted by molar-refractivity contribution is 5.76. The van der Waals surface area contributed by atoms with Gasteiger partial charge in [-0.1, -0.05) is 24.6 Å². The number of aryl methyl sites for hydroxylation is 1. The van der Waals surface area contributed by atoms with Crippen LogP contribution in [-0.2, 0) is 11.2 Å². The topological polar surface area (TPSA) is 58.4 Å². The molecule has 4 nitrogen and oxygen atoms in total. The summed E-state index contributed by atoms with van der Waals surface area (Å²) in [5.74, 6) is 0.118. The molecule has 20 heavy (non-hydrogen) atoms. The average Bonchev–Trinajstić information content (AvgIpc) is 2.45. The molecule has 1 unspecified atom stereocenters. The summed E-state index contributed by atoms with van der Waals surface area (Å²) in [6.07, 6.45) is 4.94. The van der Waals surface area contributed by atoms with Crippen LogP contribution in [0, 0.1) is 0 Å². The van der Waals surface area contributed by atoms with Crippen LogP contribution in [0.1, 0.15) is 31.2 Å². The minimum absolute atomic E-state index is 0.118. The lowest BCUT2D eigenvalue weighted by Gasteiger charge is -2.32. The summed E-state index contributed by atoms with van der Waals surface area (Å²) >= 11 is 0. The van der Waals surface area contributed by atoms with E-state index < -0.39 is 0 Å². The van der Waals surface area contributed by atoms with Gasteiger partial charge in [0.1, 0.15) is 0 Å². The Morgan fingerprint density at radius 2 is 2.20 bits per heavy atom. The zero-order valence-electron chi connectivity index (χ0n) is 12.3. The number of rotatable bonds is 5. The van der Waals surface area contributed by atoms with E-state index in [2.05, 4.69) is 17.3 Å². The van der Waals surface area contributed by atoms with Gasteiger partial charge in [0.15, 0.2) is 0 Å². The van der Waals surface area contributed by atoms with E-state index in [1.165, 1.54) is 19.3 Å². The highest BCUT2D eigenvalue weighted by Crippen LogP contribution is 2.15. The zero-order valence-corrected chi connectivity index (χ0v) is 12.3. The summed E-state index contributed by atoms with van der Waals surface area (Å²) in [6, 6.07) is 8.23. The molecule has 4 heteroatoms. The number of nitrogens with two attached hydrogens (primary N) is 1. The quantitative estimate of drug-likeness (QED) is 0.806. The Bertz CT molecular complexity index is 447. The van der Waals surface area contributed by atoms with Crippen molar-refractivity contribution in [2.75, 3.05) is 25.9 Å². The maximum atomic E-state index is 11.9. The Morgan fingerprint density at radius 1 is 1.40 bits per heavy atom. The van der Waals surface area contributed by atoms with E-state index in [0.29, 0.717) is 18.9 Å². The van der Waals surface area contributed by atoms with Crippen LogP contribution in [0.3, 0.4) is 0 Å². The molecule has 0 radical (unpaired) electrons. The van der Waals surface area contributed by atoms with E-state index >= 15 is 0 Å². The molecule has 3 N–H and O–H groups in total. The number of hydrogen-bond donors (Lipinski definition) is 2. The molecule has 0 spiro atoms. The Kier molecular flexibility index (Phi) is 5.41. The molecule has 1 atom stereocenters. The third-order valence-electron chi connectivity index (χ3n) is 4.13. The number of nitrogen functional groups attached to an aromatic ring is 1. The van der Waals surface area contributed by atoms with E-state index in [-0.39, 0.29) is 5.91 Å². The molecular weight excluding hydrogens is 250 g/mol. The van der Waals surface area contributed by atoms with Crippen molar-refractivity contribution in [2.45, 2.75) is 38.1 Å². The van der Waals surface area contributed by atoms with Crippen LogP contribution in [0.25, 0.3) is 0 Å². The highest BCUT2D eigenvalue weighted by atomic mass is 16.1. The maximum absolute atomic E-state index is 11.9. The van der Waals surface area contributed by atoms with Crippen molar-refractivity contribution >= 4 is 11.6 Å².